The van der Waals surface area contributed by atoms with Crippen molar-refractivity contribution in [3.63, 3.8) is 0 Å². The monoisotopic (exact) mass is 452 g/mol. The van der Waals surface area contributed by atoms with Crippen LogP contribution in [0.25, 0.3) is 11.0 Å². The molecule has 32 heavy (non-hydrogen) atoms. The molecular formula is C21H32N4O7. The smallest absolute Gasteiger partial charge is 0.337 e. The average Bonchev–Trinajstić information content (AvgIpc) is 3.15. The first-order valence-corrected chi connectivity index (χ1v) is 10.7. The first kappa shape index (κ1) is 25.5. The number of methoxy groups -OCH3 is 1. The summed E-state index contributed by atoms with van der Waals surface area (Å²) in [6, 6.07) is -1.31. The average molecular weight is 453 g/mol. The van der Waals surface area contributed by atoms with Crippen molar-refractivity contribution < 1.29 is 33.6 Å². The fraction of sp³-hybridized carbons (Fsp3) is 0.619. The van der Waals surface area contributed by atoms with Gasteiger partial charge in [-0.05, 0) is 20.3 Å². The molecule has 2 atom stereocenters. The number of nitrogens with one attached hydrogen (secondary N) is 1. The van der Waals surface area contributed by atoms with Crippen molar-refractivity contribution >= 4 is 23.0 Å². The molecule has 0 amide bonds. The van der Waals surface area contributed by atoms with Crippen molar-refractivity contribution in [1.29, 1.82) is 0 Å². The number of hydrogen-bond acceptors (Lipinski definition) is 10. The van der Waals surface area contributed by atoms with Gasteiger partial charge in [0.2, 0.25) is 5.88 Å². The van der Waals surface area contributed by atoms with E-state index >= 15 is 0 Å². The molecule has 178 valence electrons. The van der Waals surface area contributed by atoms with Crippen LogP contribution in [0, 0.1) is 0 Å². The summed E-state index contributed by atoms with van der Waals surface area (Å²) in [6.07, 6.45) is 3.42. The molecule has 0 aliphatic carbocycles. The van der Waals surface area contributed by atoms with E-state index in [1.807, 2.05) is 4.57 Å². The number of carbonyl (C=O) groups is 2. The van der Waals surface area contributed by atoms with Crippen LogP contribution in [-0.2, 0) is 37.1 Å². The van der Waals surface area contributed by atoms with Gasteiger partial charge < -0.3 is 28.6 Å². The highest BCUT2D eigenvalue weighted by molar-refractivity contribution is 5.87. The lowest BCUT2D eigenvalue weighted by Crippen LogP contribution is -2.50. The number of fused-ring (bicyclic) bond motifs is 1. The van der Waals surface area contributed by atoms with E-state index in [0.29, 0.717) is 29.1 Å². The number of aliphatic hydroxyl groups excluding tert-OH is 1. The second kappa shape index (κ2) is 12.9. The summed E-state index contributed by atoms with van der Waals surface area (Å²) >= 11 is 0. The summed E-state index contributed by atoms with van der Waals surface area (Å²) in [5.41, 5.74) is 1.93. The lowest BCUT2D eigenvalue weighted by Gasteiger charge is -2.21. The van der Waals surface area contributed by atoms with E-state index in [0.717, 1.165) is 12.8 Å². The summed E-state index contributed by atoms with van der Waals surface area (Å²) in [7, 11) is 1.52. The first-order valence-electron chi connectivity index (χ1n) is 10.7. The van der Waals surface area contributed by atoms with Gasteiger partial charge in [0.15, 0.2) is 6.10 Å². The van der Waals surface area contributed by atoms with Gasteiger partial charge in [0, 0.05) is 24.9 Å². The minimum absolute atomic E-state index is 0.0771. The Balaban J connectivity index is 2.28. The topological polar surface area (TPSA) is 134 Å². The Bertz CT molecular complexity index is 886. The van der Waals surface area contributed by atoms with Crippen LogP contribution in [0.15, 0.2) is 12.5 Å². The molecule has 0 radical (unpaired) electrons. The summed E-state index contributed by atoms with van der Waals surface area (Å²) in [4.78, 5) is 32.9. The van der Waals surface area contributed by atoms with Crippen molar-refractivity contribution in [1.82, 2.24) is 19.9 Å². The van der Waals surface area contributed by atoms with Crippen LogP contribution in [-0.4, -0.2) is 70.7 Å². The maximum Gasteiger partial charge on any atom is 0.337 e. The lowest BCUT2D eigenvalue weighted by molar-refractivity contribution is -0.162. The van der Waals surface area contributed by atoms with Gasteiger partial charge in [-0.2, -0.15) is 4.98 Å². The minimum atomic E-state index is -1.72. The van der Waals surface area contributed by atoms with Crippen LogP contribution in [0.4, 0.5) is 0 Å². The van der Waals surface area contributed by atoms with Crippen LogP contribution in [0.1, 0.15) is 39.2 Å². The Hall–Kier alpha value is -2.76. The number of hydrogen-bond donors (Lipinski definition) is 2. The van der Waals surface area contributed by atoms with Crippen molar-refractivity contribution in [3.05, 3.63) is 18.1 Å². The zero-order valence-corrected chi connectivity index (χ0v) is 19.0. The number of esters is 2. The Morgan fingerprint density at radius 3 is 2.53 bits per heavy atom. The van der Waals surface area contributed by atoms with Crippen LogP contribution in [0.3, 0.4) is 0 Å². The van der Waals surface area contributed by atoms with E-state index in [1.165, 1.54) is 13.4 Å². The third kappa shape index (κ3) is 6.38. The van der Waals surface area contributed by atoms with Gasteiger partial charge in [0.25, 0.3) is 0 Å². The van der Waals surface area contributed by atoms with E-state index in [4.69, 9.17) is 18.9 Å². The highest BCUT2D eigenvalue weighted by atomic mass is 16.6. The largest absolute Gasteiger partial charge is 0.479 e. The van der Waals surface area contributed by atoms with Gasteiger partial charge in [-0.15, -0.1) is 0 Å². The van der Waals surface area contributed by atoms with Crippen LogP contribution >= 0.6 is 0 Å². The molecule has 11 heteroatoms. The van der Waals surface area contributed by atoms with Crippen molar-refractivity contribution in [2.24, 2.45) is 0 Å². The molecule has 0 fully saturated rings. The predicted molar refractivity (Wildman–Crippen MR) is 115 cm³/mol. The Kier molecular flexibility index (Phi) is 10.3. The predicted octanol–water partition coefficient (Wildman–Crippen LogP) is 1.16. The lowest BCUT2D eigenvalue weighted by atomic mass is 10.1. The number of ether oxygens (including phenoxy) is 4. The van der Waals surface area contributed by atoms with E-state index < -0.39 is 24.1 Å². The number of rotatable bonds is 14. The van der Waals surface area contributed by atoms with Crippen molar-refractivity contribution in [3.8, 4) is 5.88 Å². The maximum atomic E-state index is 12.4. The highest BCUT2D eigenvalue weighted by Gasteiger charge is 2.34. The molecule has 2 rings (SSSR count). The van der Waals surface area contributed by atoms with Crippen LogP contribution < -0.4 is 10.1 Å². The molecule has 2 aromatic rings. The number of nitrogens with zero attached hydrogens (tertiary/aromatic N) is 3. The molecule has 0 saturated heterocycles. The molecular weight excluding hydrogens is 420 g/mol. The Labute approximate surface area is 187 Å². The fourth-order valence-electron chi connectivity index (χ4n) is 3.10. The SMILES string of the molecule is CCCCOCn1cc(CN[C@H](C(=O)OCC)[C@H](O)C(=O)OCC)c2ncnc(OC)c21. The molecule has 0 aliphatic heterocycles. The molecule has 0 bridgehead atoms. The van der Waals surface area contributed by atoms with Crippen molar-refractivity contribution in [2.45, 2.75) is 59.0 Å². The first-order chi connectivity index (χ1) is 15.5. The van der Waals surface area contributed by atoms with Gasteiger partial charge in [-0.3, -0.25) is 10.1 Å². The maximum absolute atomic E-state index is 12.4. The van der Waals surface area contributed by atoms with Gasteiger partial charge >= 0.3 is 11.9 Å². The standard InChI is InChI=1S/C21H32N4O7/c1-5-8-9-30-13-25-11-14(15-17(25)19(29-4)24-12-23-15)10-22-16(20(27)31-6-2)18(26)21(28)32-7-3/h11-12,16,18,22,26H,5-10,13H2,1-4H3/t16-,18-/m0/s1. The Morgan fingerprint density at radius 2 is 1.88 bits per heavy atom. The molecule has 0 saturated carbocycles. The van der Waals surface area contributed by atoms with Gasteiger partial charge in [-0.25, -0.2) is 9.78 Å². The van der Waals surface area contributed by atoms with Crippen molar-refractivity contribution in [2.75, 3.05) is 26.9 Å². The Morgan fingerprint density at radius 1 is 1.16 bits per heavy atom. The van der Waals surface area contributed by atoms with E-state index in [-0.39, 0.29) is 26.5 Å². The van der Waals surface area contributed by atoms with E-state index in [9.17, 15) is 14.7 Å². The molecule has 0 unspecified atom stereocenters. The van der Waals surface area contributed by atoms with Gasteiger partial charge in [-0.1, -0.05) is 13.3 Å². The highest BCUT2D eigenvalue weighted by Crippen LogP contribution is 2.26. The molecule has 2 aromatic heterocycles. The third-order valence-corrected chi connectivity index (χ3v) is 4.65. The quantitative estimate of drug-likeness (QED) is 0.318. The van der Waals surface area contributed by atoms with E-state index in [2.05, 4.69) is 22.2 Å². The van der Waals surface area contributed by atoms with Crippen LogP contribution in [0.5, 0.6) is 5.88 Å². The summed E-state index contributed by atoms with van der Waals surface area (Å²) in [6.45, 7) is 6.50. The third-order valence-electron chi connectivity index (χ3n) is 4.65. The van der Waals surface area contributed by atoms with Gasteiger partial charge in [0.1, 0.15) is 30.1 Å². The van der Waals surface area contributed by atoms with Crippen LogP contribution in [0.2, 0.25) is 0 Å². The molecule has 11 nitrogen and oxygen atoms in total. The second-order valence-electron chi connectivity index (χ2n) is 6.90. The molecule has 2 N–H and O–H groups in total. The molecule has 2 heterocycles. The molecule has 0 spiro atoms. The molecule has 0 aromatic carbocycles. The minimum Gasteiger partial charge on any atom is -0.479 e. The number of aromatic nitrogens is 3. The zero-order chi connectivity index (χ0) is 23.5. The summed E-state index contributed by atoms with van der Waals surface area (Å²) in [5.74, 6) is -1.28. The van der Waals surface area contributed by atoms with Gasteiger partial charge in [0.05, 0.1) is 20.3 Å². The normalized spacial score (nSPS) is 13.0. The molecule has 0 aliphatic rings. The number of carbonyl (C=O) groups excluding carboxylic acids is 2. The number of unbranched alkanes of at least 4 members (excludes halogenated alkanes) is 1. The zero-order valence-electron chi connectivity index (χ0n) is 19.0. The number of aliphatic hydroxyl groups is 1. The summed E-state index contributed by atoms with van der Waals surface area (Å²) in [5, 5.41) is 13.2. The summed E-state index contributed by atoms with van der Waals surface area (Å²) < 4.78 is 22.8. The second-order valence-corrected chi connectivity index (χ2v) is 6.90. The van der Waals surface area contributed by atoms with E-state index in [1.54, 1.807) is 20.0 Å². The fourth-order valence-corrected chi connectivity index (χ4v) is 3.10.